The van der Waals surface area contributed by atoms with Crippen LogP contribution in [0.15, 0.2) is 11.6 Å². The Morgan fingerprint density at radius 2 is 2.33 bits per heavy atom. The number of urea groups is 1. The van der Waals surface area contributed by atoms with Gasteiger partial charge in [0, 0.05) is 18.1 Å². The molecule has 1 rings (SSSR count). The van der Waals surface area contributed by atoms with Gasteiger partial charge in [-0.15, -0.1) is 11.3 Å². The second-order valence-corrected chi connectivity index (χ2v) is 4.78. The number of hydrogen-bond acceptors (Lipinski definition) is 4. The monoisotopic (exact) mass is 271 g/mol. The topological polar surface area (TPSA) is 82.5 Å². The zero-order valence-corrected chi connectivity index (χ0v) is 11.2. The molecule has 1 unspecified atom stereocenters. The molecule has 1 aromatic heterocycles. The predicted octanol–water partition coefficient (Wildman–Crippen LogP) is 1.71. The van der Waals surface area contributed by atoms with Gasteiger partial charge in [0.2, 0.25) is 0 Å². The number of rotatable bonds is 6. The first-order chi connectivity index (χ1) is 8.54. The maximum absolute atomic E-state index is 11.9. The van der Waals surface area contributed by atoms with Crippen molar-refractivity contribution in [3.63, 3.8) is 0 Å². The third-order valence-corrected chi connectivity index (χ3v) is 3.23. The highest BCUT2D eigenvalue weighted by molar-refractivity contribution is 7.09. The molecule has 18 heavy (non-hydrogen) atoms. The van der Waals surface area contributed by atoms with Gasteiger partial charge >= 0.3 is 12.0 Å². The molecule has 1 atom stereocenters. The quantitative estimate of drug-likeness (QED) is 0.825. The fourth-order valence-electron chi connectivity index (χ4n) is 1.47. The third kappa shape index (κ3) is 4.33. The summed E-state index contributed by atoms with van der Waals surface area (Å²) in [6.07, 6.45) is 2.38. The summed E-state index contributed by atoms with van der Waals surface area (Å²) in [4.78, 5) is 28.0. The van der Waals surface area contributed by atoms with E-state index < -0.39 is 5.97 Å². The molecule has 1 heterocycles. The van der Waals surface area contributed by atoms with Gasteiger partial charge in [-0.1, -0.05) is 6.92 Å². The third-order valence-electron chi connectivity index (χ3n) is 2.27. The van der Waals surface area contributed by atoms with Crippen LogP contribution in [-0.2, 0) is 4.79 Å². The van der Waals surface area contributed by atoms with Gasteiger partial charge in [0.1, 0.15) is 11.6 Å². The molecule has 0 bridgehead atoms. The van der Waals surface area contributed by atoms with Gasteiger partial charge < -0.3 is 15.3 Å². The van der Waals surface area contributed by atoms with Crippen LogP contribution in [0.3, 0.4) is 0 Å². The summed E-state index contributed by atoms with van der Waals surface area (Å²) in [7, 11) is 0. The van der Waals surface area contributed by atoms with Gasteiger partial charge in [-0.3, -0.25) is 4.79 Å². The molecule has 100 valence electrons. The minimum atomic E-state index is -1.01. The number of carbonyl (C=O) groups is 2. The smallest absolute Gasteiger partial charge is 0.323 e. The number of aliphatic carboxylic acids is 1. The second-order valence-electron chi connectivity index (χ2n) is 3.86. The van der Waals surface area contributed by atoms with E-state index in [0.29, 0.717) is 13.0 Å². The first-order valence-electron chi connectivity index (χ1n) is 5.71. The summed E-state index contributed by atoms with van der Waals surface area (Å²) in [6.45, 7) is 3.85. The molecule has 2 amide bonds. The van der Waals surface area contributed by atoms with Crippen molar-refractivity contribution in [1.82, 2.24) is 15.2 Å². The van der Waals surface area contributed by atoms with E-state index in [1.807, 2.05) is 19.2 Å². The Morgan fingerprint density at radius 1 is 1.61 bits per heavy atom. The molecule has 0 saturated heterocycles. The van der Waals surface area contributed by atoms with E-state index >= 15 is 0 Å². The lowest BCUT2D eigenvalue weighted by Gasteiger charge is -2.22. The summed E-state index contributed by atoms with van der Waals surface area (Å²) < 4.78 is 0. The molecular weight excluding hydrogens is 254 g/mol. The fraction of sp³-hybridized carbons (Fsp3) is 0.545. The Balaban J connectivity index is 2.58. The van der Waals surface area contributed by atoms with Crippen LogP contribution in [0.5, 0.6) is 0 Å². The highest BCUT2D eigenvalue weighted by Gasteiger charge is 2.19. The van der Waals surface area contributed by atoms with Crippen LogP contribution in [-0.4, -0.2) is 40.1 Å². The van der Waals surface area contributed by atoms with Crippen LogP contribution in [0, 0.1) is 0 Å². The molecule has 0 saturated carbocycles. The van der Waals surface area contributed by atoms with Crippen molar-refractivity contribution < 1.29 is 14.7 Å². The molecule has 0 fully saturated rings. The molecule has 0 radical (unpaired) electrons. The van der Waals surface area contributed by atoms with E-state index in [9.17, 15) is 9.59 Å². The Morgan fingerprint density at radius 3 is 2.83 bits per heavy atom. The van der Waals surface area contributed by atoms with Crippen LogP contribution in [0.1, 0.15) is 31.3 Å². The summed E-state index contributed by atoms with van der Waals surface area (Å²) in [5.41, 5.74) is 0. The van der Waals surface area contributed by atoms with Crippen molar-refractivity contribution >= 4 is 23.3 Å². The molecule has 2 N–H and O–H groups in total. The van der Waals surface area contributed by atoms with E-state index in [1.165, 1.54) is 16.2 Å². The van der Waals surface area contributed by atoms with Crippen molar-refractivity contribution in [3.8, 4) is 0 Å². The molecule has 7 heteroatoms. The van der Waals surface area contributed by atoms with Crippen LogP contribution in [0.2, 0.25) is 0 Å². The van der Waals surface area contributed by atoms with Crippen molar-refractivity contribution in [2.24, 2.45) is 0 Å². The SMILES string of the molecule is CCCN(CC(=O)O)C(=O)NC(C)c1nccs1. The van der Waals surface area contributed by atoms with Gasteiger partial charge in [-0.2, -0.15) is 0 Å². The molecule has 1 aromatic rings. The van der Waals surface area contributed by atoms with E-state index in [2.05, 4.69) is 10.3 Å². The minimum absolute atomic E-state index is 0.217. The average molecular weight is 271 g/mol. The number of carboxylic acids is 1. The van der Waals surface area contributed by atoms with E-state index in [4.69, 9.17) is 5.11 Å². The first kappa shape index (κ1) is 14.4. The average Bonchev–Trinajstić information content (AvgIpc) is 2.81. The number of aromatic nitrogens is 1. The number of thiazole rings is 1. The normalized spacial score (nSPS) is 11.9. The van der Waals surface area contributed by atoms with Gasteiger partial charge in [-0.25, -0.2) is 9.78 Å². The lowest BCUT2D eigenvalue weighted by molar-refractivity contribution is -0.137. The van der Waals surface area contributed by atoms with Crippen molar-refractivity contribution in [1.29, 1.82) is 0 Å². The lowest BCUT2D eigenvalue weighted by Crippen LogP contribution is -2.43. The van der Waals surface area contributed by atoms with Gasteiger partial charge in [0.25, 0.3) is 0 Å². The highest BCUT2D eigenvalue weighted by atomic mass is 32.1. The maximum atomic E-state index is 11.9. The Bertz CT molecular complexity index is 394. The zero-order chi connectivity index (χ0) is 13.5. The van der Waals surface area contributed by atoms with E-state index in [0.717, 1.165) is 5.01 Å². The number of carbonyl (C=O) groups excluding carboxylic acids is 1. The minimum Gasteiger partial charge on any atom is -0.480 e. The van der Waals surface area contributed by atoms with Gasteiger partial charge in [0.05, 0.1) is 6.04 Å². The molecule has 0 aliphatic heterocycles. The number of nitrogens with zero attached hydrogens (tertiary/aromatic N) is 2. The fourth-order valence-corrected chi connectivity index (χ4v) is 2.12. The Hall–Kier alpha value is -1.63. The van der Waals surface area contributed by atoms with Crippen LogP contribution < -0.4 is 5.32 Å². The highest BCUT2D eigenvalue weighted by Crippen LogP contribution is 2.14. The number of nitrogens with one attached hydrogen (secondary N) is 1. The maximum Gasteiger partial charge on any atom is 0.323 e. The lowest BCUT2D eigenvalue weighted by atomic mass is 10.3. The van der Waals surface area contributed by atoms with Gasteiger partial charge in [-0.05, 0) is 13.3 Å². The largest absolute Gasteiger partial charge is 0.480 e. The van der Waals surface area contributed by atoms with Crippen LogP contribution >= 0.6 is 11.3 Å². The van der Waals surface area contributed by atoms with Crippen molar-refractivity contribution in [2.45, 2.75) is 26.3 Å². The summed E-state index contributed by atoms with van der Waals surface area (Å²) in [5.74, 6) is -1.01. The van der Waals surface area contributed by atoms with E-state index in [1.54, 1.807) is 6.20 Å². The summed E-state index contributed by atoms with van der Waals surface area (Å²) in [5, 5.41) is 14.1. The molecule has 0 spiro atoms. The first-order valence-corrected chi connectivity index (χ1v) is 6.59. The zero-order valence-electron chi connectivity index (χ0n) is 10.4. The van der Waals surface area contributed by atoms with E-state index in [-0.39, 0.29) is 18.6 Å². The Kier molecular flexibility index (Phi) is 5.57. The van der Waals surface area contributed by atoms with Crippen molar-refractivity contribution in [3.05, 3.63) is 16.6 Å². The van der Waals surface area contributed by atoms with Crippen LogP contribution in [0.25, 0.3) is 0 Å². The van der Waals surface area contributed by atoms with Crippen LogP contribution in [0.4, 0.5) is 4.79 Å². The number of amides is 2. The summed E-state index contributed by atoms with van der Waals surface area (Å²) >= 11 is 1.45. The molecule has 0 aliphatic rings. The summed E-state index contributed by atoms with van der Waals surface area (Å²) in [6, 6.07) is -0.590. The van der Waals surface area contributed by atoms with Gasteiger partial charge in [0.15, 0.2) is 0 Å². The number of hydrogen-bond donors (Lipinski definition) is 2. The molecule has 0 aliphatic carbocycles. The Labute approximate surface area is 110 Å². The molecular formula is C11H17N3O3S. The molecule has 0 aromatic carbocycles. The van der Waals surface area contributed by atoms with Crippen molar-refractivity contribution in [2.75, 3.05) is 13.1 Å². The number of carboxylic acid groups (broad SMARTS) is 1. The second kappa shape index (κ2) is 6.95. The standard InChI is InChI=1S/C11H17N3O3S/c1-3-5-14(7-9(15)16)11(17)13-8(2)10-12-4-6-18-10/h4,6,8H,3,5,7H2,1-2H3,(H,13,17)(H,15,16). The predicted molar refractivity (Wildman–Crippen MR) is 68.6 cm³/mol. The molecule has 6 nitrogen and oxygen atoms in total.